The summed E-state index contributed by atoms with van der Waals surface area (Å²) in [5, 5.41) is 6.57. The molecular weight excluding hydrogens is 284 g/mol. The highest BCUT2D eigenvalue weighted by Crippen LogP contribution is 2.18. The predicted octanol–water partition coefficient (Wildman–Crippen LogP) is 2.28. The van der Waals surface area contributed by atoms with Gasteiger partial charge in [-0.25, -0.2) is 4.98 Å². The summed E-state index contributed by atoms with van der Waals surface area (Å²) in [6.45, 7) is 5.64. The maximum atomic E-state index is 5.41. The zero-order chi connectivity index (χ0) is 15.1. The Morgan fingerprint density at radius 3 is 2.90 bits per heavy atom. The molecule has 1 saturated heterocycles. The Labute approximate surface area is 131 Å². The van der Waals surface area contributed by atoms with Crippen molar-refractivity contribution in [2.75, 3.05) is 33.9 Å². The van der Waals surface area contributed by atoms with Crippen molar-refractivity contribution in [3.05, 3.63) is 16.1 Å². The van der Waals surface area contributed by atoms with E-state index < -0.39 is 0 Å². The highest BCUT2D eigenvalue weighted by Gasteiger charge is 2.15. The van der Waals surface area contributed by atoms with Crippen LogP contribution in [0.2, 0.25) is 0 Å². The summed E-state index contributed by atoms with van der Waals surface area (Å²) >= 11 is 1.69. The van der Waals surface area contributed by atoms with E-state index in [9.17, 15) is 0 Å². The standard InChI is InChI=1S/C15H26N4OS/c1-12-11-21-14(18-12)10-17-15(16-2)19(3)7-4-13-5-8-20-9-6-13/h11,13H,4-10H2,1-3H3,(H,16,17). The molecule has 118 valence electrons. The SMILES string of the molecule is CN=C(NCc1nc(C)cs1)N(C)CCC1CCOCC1. The molecule has 1 aliphatic heterocycles. The molecule has 1 aromatic heterocycles. The third-order valence-electron chi connectivity index (χ3n) is 3.85. The number of thiazole rings is 1. The van der Waals surface area contributed by atoms with Crippen molar-refractivity contribution >= 4 is 17.3 Å². The minimum absolute atomic E-state index is 0.743. The maximum absolute atomic E-state index is 5.41. The molecule has 21 heavy (non-hydrogen) atoms. The van der Waals surface area contributed by atoms with Gasteiger partial charge in [-0.15, -0.1) is 11.3 Å². The van der Waals surface area contributed by atoms with Gasteiger partial charge in [0.25, 0.3) is 0 Å². The van der Waals surface area contributed by atoms with Gasteiger partial charge in [-0.3, -0.25) is 4.99 Å². The molecule has 2 heterocycles. The van der Waals surface area contributed by atoms with Gasteiger partial charge in [0.2, 0.25) is 0 Å². The van der Waals surface area contributed by atoms with Crippen LogP contribution in [-0.2, 0) is 11.3 Å². The molecule has 0 unspecified atom stereocenters. The van der Waals surface area contributed by atoms with Crippen molar-refractivity contribution in [1.29, 1.82) is 0 Å². The fourth-order valence-electron chi connectivity index (χ4n) is 2.54. The van der Waals surface area contributed by atoms with Gasteiger partial charge in [0.15, 0.2) is 5.96 Å². The molecule has 0 bridgehead atoms. The zero-order valence-electron chi connectivity index (χ0n) is 13.3. The quantitative estimate of drug-likeness (QED) is 0.669. The molecule has 1 fully saturated rings. The van der Waals surface area contributed by atoms with Crippen LogP contribution in [-0.4, -0.2) is 49.7 Å². The van der Waals surface area contributed by atoms with Crippen LogP contribution in [0.5, 0.6) is 0 Å². The number of aryl methyl sites for hydroxylation is 1. The monoisotopic (exact) mass is 310 g/mol. The maximum Gasteiger partial charge on any atom is 0.193 e. The van der Waals surface area contributed by atoms with E-state index in [1.165, 1.54) is 19.3 Å². The number of nitrogens with zero attached hydrogens (tertiary/aromatic N) is 3. The second kappa shape index (κ2) is 8.34. The van der Waals surface area contributed by atoms with Gasteiger partial charge in [0.05, 0.1) is 6.54 Å². The summed E-state index contributed by atoms with van der Waals surface area (Å²) in [6.07, 6.45) is 3.59. The van der Waals surface area contributed by atoms with Gasteiger partial charge >= 0.3 is 0 Å². The van der Waals surface area contributed by atoms with Crippen LogP contribution < -0.4 is 5.32 Å². The minimum atomic E-state index is 0.743. The van der Waals surface area contributed by atoms with Crippen LogP contribution in [0.15, 0.2) is 10.4 Å². The van der Waals surface area contributed by atoms with E-state index in [1.54, 1.807) is 11.3 Å². The lowest BCUT2D eigenvalue weighted by molar-refractivity contribution is 0.0625. The van der Waals surface area contributed by atoms with E-state index in [0.29, 0.717) is 0 Å². The van der Waals surface area contributed by atoms with Crippen LogP contribution in [0.3, 0.4) is 0 Å². The average molecular weight is 310 g/mol. The Morgan fingerprint density at radius 1 is 1.52 bits per heavy atom. The van der Waals surface area contributed by atoms with Crippen LogP contribution in [0.25, 0.3) is 0 Å². The first-order valence-corrected chi connectivity index (χ1v) is 8.47. The van der Waals surface area contributed by atoms with Crippen molar-refractivity contribution in [2.24, 2.45) is 10.9 Å². The normalized spacial score (nSPS) is 17.0. The van der Waals surface area contributed by atoms with E-state index >= 15 is 0 Å². The Balaban J connectivity index is 1.74. The highest BCUT2D eigenvalue weighted by molar-refractivity contribution is 7.09. The first-order chi connectivity index (χ1) is 10.2. The Bertz CT molecular complexity index is 454. The number of aliphatic imine (C=N–C) groups is 1. The Hall–Kier alpha value is -1.14. The molecule has 0 spiro atoms. The van der Waals surface area contributed by atoms with Gasteiger partial charge in [0, 0.05) is 44.9 Å². The molecule has 0 amide bonds. The summed E-state index contributed by atoms with van der Waals surface area (Å²) in [4.78, 5) is 11.0. The molecule has 0 radical (unpaired) electrons. The molecule has 0 aliphatic carbocycles. The second-order valence-corrected chi connectivity index (χ2v) is 6.49. The molecule has 1 aliphatic rings. The number of rotatable bonds is 5. The molecule has 1 N–H and O–H groups in total. The highest BCUT2D eigenvalue weighted by atomic mass is 32.1. The van der Waals surface area contributed by atoms with Crippen LogP contribution in [0.1, 0.15) is 30.0 Å². The van der Waals surface area contributed by atoms with E-state index in [2.05, 4.69) is 32.6 Å². The average Bonchev–Trinajstić information content (AvgIpc) is 2.92. The van der Waals surface area contributed by atoms with Crippen molar-refractivity contribution in [3.63, 3.8) is 0 Å². The van der Waals surface area contributed by atoms with Gasteiger partial charge in [0.1, 0.15) is 5.01 Å². The van der Waals surface area contributed by atoms with E-state index in [1.807, 2.05) is 14.0 Å². The summed E-state index contributed by atoms with van der Waals surface area (Å²) in [5.41, 5.74) is 1.08. The van der Waals surface area contributed by atoms with Crippen LogP contribution >= 0.6 is 11.3 Å². The Kier molecular flexibility index (Phi) is 6.45. The molecule has 0 aromatic carbocycles. The van der Waals surface area contributed by atoms with E-state index in [4.69, 9.17) is 4.74 Å². The summed E-state index contributed by atoms with van der Waals surface area (Å²) < 4.78 is 5.41. The van der Waals surface area contributed by atoms with E-state index in [0.717, 1.165) is 48.9 Å². The molecule has 5 nitrogen and oxygen atoms in total. The topological polar surface area (TPSA) is 49.8 Å². The van der Waals surface area contributed by atoms with Gasteiger partial charge in [-0.1, -0.05) is 0 Å². The van der Waals surface area contributed by atoms with Crippen molar-refractivity contribution in [1.82, 2.24) is 15.2 Å². The number of guanidine groups is 1. The third kappa shape index (κ3) is 5.28. The summed E-state index contributed by atoms with van der Waals surface area (Å²) in [5.74, 6) is 1.73. The third-order valence-corrected chi connectivity index (χ3v) is 4.82. The second-order valence-electron chi connectivity index (χ2n) is 5.55. The van der Waals surface area contributed by atoms with Crippen LogP contribution in [0, 0.1) is 12.8 Å². The first kappa shape index (κ1) is 16.2. The molecule has 1 aromatic rings. The number of ether oxygens (including phenoxy) is 1. The molecule has 0 saturated carbocycles. The lowest BCUT2D eigenvalue weighted by Gasteiger charge is -2.26. The fraction of sp³-hybridized carbons (Fsp3) is 0.733. The molecule has 6 heteroatoms. The fourth-order valence-corrected chi connectivity index (χ4v) is 3.25. The summed E-state index contributed by atoms with van der Waals surface area (Å²) in [6, 6.07) is 0. The number of hydrogen-bond acceptors (Lipinski definition) is 4. The van der Waals surface area contributed by atoms with E-state index in [-0.39, 0.29) is 0 Å². The Morgan fingerprint density at radius 2 is 2.29 bits per heavy atom. The van der Waals surface area contributed by atoms with Crippen LogP contribution in [0.4, 0.5) is 0 Å². The lowest BCUT2D eigenvalue weighted by atomic mass is 9.96. The largest absolute Gasteiger partial charge is 0.381 e. The first-order valence-electron chi connectivity index (χ1n) is 7.59. The summed E-state index contributed by atoms with van der Waals surface area (Å²) in [7, 11) is 3.93. The molecular formula is C15H26N4OS. The van der Waals surface area contributed by atoms with Gasteiger partial charge in [-0.2, -0.15) is 0 Å². The smallest absolute Gasteiger partial charge is 0.193 e. The van der Waals surface area contributed by atoms with Crippen molar-refractivity contribution in [2.45, 2.75) is 32.7 Å². The van der Waals surface area contributed by atoms with Crippen molar-refractivity contribution in [3.8, 4) is 0 Å². The van der Waals surface area contributed by atoms with Gasteiger partial charge in [-0.05, 0) is 32.1 Å². The lowest BCUT2D eigenvalue weighted by Crippen LogP contribution is -2.39. The molecule has 2 rings (SSSR count). The predicted molar refractivity (Wildman–Crippen MR) is 87.8 cm³/mol. The number of nitrogens with one attached hydrogen (secondary N) is 1. The number of aromatic nitrogens is 1. The number of hydrogen-bond donors (Lipinski definition) is 1. The van der Waals surface area contributed by atoms with Crippen molar-refractivity contribution < 1.29 is 4.74 Å². The minimum Gasteiger partial charge on any atom is -0.381 e. The zero-order valence-corrected chi connectivity index (χ0v) is 14.1. The molecule has 0 atom stereocenters. The van der Waals surface area contributed by atoms with Gasteiger partial charge < -0.3 is 15.0 Å².